The van der Waals surface area contributed by atoms with E-state index in [-0.39, 0.29) is 29.6 Å². The van der Waals surface area contributed by atoms with E-state index in [1.807, 2.05) is 54.6 Å². The lowest BCUT2D eigenvalue weighted by molar-refractivity contribution is -0.137. The topological polar surface area (TPSA) is 96.7 Å². The number of hydrogen-bond acceptors (Lipinski definition) is 6. The number of rotatable bonds is 13. The van der Waals surface area contributed by atoms with Crippen LogP contribution in [0.2, 0.25) is 5.04 Å². The molecule has 1 heterocycles. The molecule has 46 heavy (non-hydrogen) atoms. The zero-order valence-electron chi connectivity index (χ0n) is 26.7. The monoisotopic (exact) mass is 653 g/mol. The number of carboxylic acid groups (broad SMARTS) is 1. The Labute approximate surface area is 276 Å². The Hall–Kier alpha value is -3.69. The summed E-state index contributed by atoms with van der Waals surface area (Å²) in [5, 5.41) is 22.7. The van der Waals surface area contributed by atoms with Gasteiger partial charge in [-0.25, -0.2) is 4.98 Å². The average molecular weight is 654 g/mol. The van der Waals surface area contributed by atoms with E-state index in [0.29, 0.717) is 19.3 Å². The summed E-state index contributed by atoms with van der Waals surface area (Å²) in [7, 11) is -2.98. The quantitative estimate of drug-likeness (QED) is 0.0898. The largest absolute Gasteiger partial charge is 0.481 e. The van der Waals surface area contributed by atoms with Gasteiger partial charge in [0.05, 0.1) is 16.3 Å². The van der Waals surface area contributed by atoms with Gasteiger partial charge in [0, 0.05) is 24.7 Å². The number of aromatic nitrogens is 1. The van der Waals surface area contributed by atoms with E-state index >= 15 is 0 Å². The summed E-state index contributed by atoms with van der Waals surface area (Å²) in [6.45, 7) is 6.73. The fourth-order valence-electron chi connectivity index (χ4n) is 6.55. The third-order valence-electron chi connectivity index (χ3n) is 8.84. The Morgan fingerprint density at radius 2 is 1.63 bits per heavy atom. The molecule has 0 saturated heterocycles. The molecule has 1 aliphatic rings. The van der Waals surface area contributed by atoms with Gasteiger partial charge in [-0.1, -0.05) is 118 Å². The predicted molar refractivity (Wildman–Crippen MR) is 188 cm³/mol. The summed E-state index contributed by atoms with van der Waals surface area (Å²) in [6.07, 6.45) is 8.60. The molecule has 2 N–H and O–H groups in total. The molecular formula is C38H43NO5SSi. The van der Waals surface area contributed by atoms with Gasteiger partial charge >= 0.3 is 5.97 Å². The molecule has 0 aliphatic heterocycles. The van der Waals surface area contributed by atoms with Crippen molar-refractivity contribution >= 4 is 52.0 Å². The molecule has 0 spiro atoms. The smallest absolute Gasteiger partial charge is 0.303 e. The Morgan fingerprint density at radius 3 is 2.24 bits per heavy atom. The number of aliphatic hydroxyl groups is 1. The zero-order valence-corrected chi connectivity index (χ0v) is 28.5. The molecule has 0 amide bonds. The van der Waals surface area contributed by atoms with Gasteiger partial charge in [0.1, 0.15) is 16.9 Å². The number of aliphatic carboxylic acids is 1. The summed E-state index contributed by atoms with van der Waals surface area (Å²) in [5.74, 6) is -1.51. The van der Waals surface area contributed by atoms with Crippen molar-refractivity contribution < 1.29 is 24.2 Å². The minimum absolute atomic E-state index is 0.0153. The first-order valence-electron chi connectivity index (χ1n) is 16.0. The molecular weight excluding hydrogens is 611 g/mol. The van der Waals surface area contributed by atoms with Crippen LogP contribution in [0.15, 0.2) is 109 Å². The predicted octanol–water partition coefficient (Wildman–Crippen LogP) is 7.24. The van der Waals surface area contributed by atoms with Gasteiger partial charge in [0.2, 0.25) is 0 Å². The van der Waals surface area contributed by atoms with E-state index in [1.54, 1.807) is 11.3 Å². The number of Topliss-reactive ketones (excluding diaryl/α,β-unsaturated/α-hetero) is 1. The number of benzene rings is 3. The van der Waals surface area contributed by atoms with Crippen LogP contribution in [-0.2, 0) is 14.0 Å². The Morgan fingerprint density at radius 1 is 1.00 bits per heavy atom. The van der Waals surface area contributed by atoms with Crippen molar-refractivity contribution in [3.05, 3.63) is 114 Å². The maximum Gasteiger partial charge on any atom is 0.303 e. The Balaban J connectivity index is 1.54. The molecule has 1 aliphatic carbocycles. The number of fused-ring (bicyclic) bond motifs is 1. The first kappa shape index (κ1) is 33.7. The third kappa shape index (κ3) is 7.47. The summed E-state index contributed by atoms with van der Waals surface area (Å²) in [5.41, 5.74) is 0.908. The summed E-state index contributed by atoms with van der Waals surface area (Å²) in [6, 6.07) is 29.0. The zero-order chi connectivity index (χ0) is 32.7. The molecule has 1 aromatic heterocycles. The second-order valence-corrected chi connectivity index (χ2v) is 18.3. The molecule has 1 saturated carbocycles. The van der Waals surface area contributed by atoms with Crippen LogP contribution in [0.3, 0.4) is 0 Å². The molecule has 1 unspecified atom stereocenters. The van der Waals surface area contributed by atoms with Gasteiger partial charge in [-0.15, -0.1) is 11.3 Å². The molecule has 8 heteroatoms. The minimum atomic E-state index is -2.98. The van der Waals surface area contributed by atoms with Crippen LogP contribution in [0, 0.1) is 11.8 Å². The number of ketones is 1. The van der Waals surface area contributed by atoms with E-state index in [0.717, 1.165) is 25.6 Å². The second kappa shape index (κ2) is 14.8. The summed E-state index contributed by atoms with van der Waals surface area (Å²) >= 11 is 1.60. The van der Waals surface area contributed by atoms with Crippen molar-refractivity contribution in [1.29, 1.82) is 0 Å². The van der Waals surface area contributed by atoms with Crippen molar-refractivity contribution in [2.75, 3.05) is 0 Å². The summed E-state index contributed by atoms with van der Waals surface area (Å²) < 4.78 is 8.63. The SMILES string of the molecule is CC(C)(C)[Si](OC(C=C[C@H]1C(=O)C[C@H](O)[C@@H]1CC=CCCCC(=O)O)c1nc2ccccc2s1)(c1ccccc1)c1ccccc1. The van der Waals surface area contributed by atoms with E-state index in [4.69, 9.17) is 14.5 Å². The minimum Gasteiger partial charge on any atom is -0.481 e. The lowest BCUT2D eigenvalue weighted by Gasteiger charge is -2.44. The highest BCUT2D eigenvalue weighted by atomic mass is 32.1. The van der Waals surface area contributed by atoms with E-state index in [2.05, 4.69) is 75.4 Å². The maximum absolute atomic E-state index is 13.2. The van der Waals surface area contributed by atoms with E-state index in [9.17, 15) is 14.7 Å². The van der Waals surface area contributed by atoms with Crippen LogP contribution in [-0.4, -0.2) is 41.4 Å². The van der Waals surface area contributed by atoms with Crippen LogP contribution >= 0.6 is 11.3 Å². The molecule has 5 rings (SSSR count). The number of carbonyl (C=O) groups is 2. The molecule has 3 aromatic carbocycles. The molecule has 4 atom stereocenters. The number of para-hydroxylation sites is 1. The van der Waals surface area contributed by atoms with Crippen LogP contribution < -0.4 is 10.4 Å². The number of hydrogen-bond donors (Lipinski definition) is 2. The van der Waals surface area contributed by atoms with E-state index in [1.165, 1.54) is 0 Å². The first-order chi connectivity index (χ1) is 22.1. The fourth-order valence-corrected chi connectivity index (χ4v) is 12.2. The number of carboxylic acids is 1. The van der Waals surface area contributed by atoms with Crippen LogP contribution in [0.25, 0.3) is 10.2 Å². The van der Waals surface area contributed by atoms with Gasteiger partial charge < -0.3 is 14.6 Å². The number of unbranched alkanes of at least 4 members (excludes halogenated alkanes) is 1. The number of thiazole rings is 1. The average Bonchev–Trinajstić information content (AvgIpc) is 3.58. The molecule has 4 aromatic rings. The van der Waals surface area contributed by atoms with Crippen molar-refractivity contribution in [3.8, 4) is 0 Å². The van der Waals surface area contributed by atoms with Gasteiger partial charge in [0.25, 0.3) is 8.32 Å². The maximum atomic E-state index is 13.2. The van der Waals surface area contributed by atoms with Gasteiger partial charge in [-0.3, -0.25) is 9.59 Å². The van der Waals surface area contributed by atoms with Gasteiger partial charge in [0.15, 0.2) is 0 Å². The van der Waals surface area contributed by atoms with Crippen molar-refractivity contribution in [3.63, 3.8) is 0 Å². The number of aliphatic hydroxyl groups excluding tert-OH is 1. The molecule has 240 valence electrons. The highest BCUT2D eigenvalue weighted by Crippen LogP contribution is 2.42. The van der Waals surface area contributed by atoms with Gasteiger partial charge in [-0.2, -0.15) is 0 Å². The van der Waals surface area contributed by atoms with Crippen molar-refractivity contribution in [1.82, 2.24) is 4.98 Å². The number of carbonyl (C=O) groups excluding carboxylic acids is 1. The lowest BCUT2D eigenvalue weighted by atomic mass is 9.90. The second-order valence-electron chi connectivity index (χ2n) is 13.0. The van der Waals surface area contributed by atoms with Crippen LogP contribution in [0.1, 0.15) is 64.0 Å². The normalized spacial score (nSPS) is 19.8. The lowest BCUT2D eigenvalue weighted by Crippen LogP contribution is -2.66. The third-order valence-corrected chi connectivity index (χ3v) is 15.0. The van der Waals surface area contributed by atoms with E-state index < -0.39 is 32.4 Å². The fraction of sp³-hybridized carbons (Fsp3) is 0.342. The highest BCUT2D eigenvalue weighted by molar-refractivity contribution is 7.18. The number of allylic oxidation sites excluding steroid dienone is 3. The highest BCUT2D eigenvalue weighted by Gasteiger charge is 2.52. The molecule has 0 bridgehead atoms. The van der Waals surface area contributed by atoms with Crippen LogP contribution in [0.4, 0.5) is 0 Å². The standard InChI is InChI=1S/C38H43NO5SSi/c1-38(2,3)46(27-16-8-6-9-17-27,28-18-10-7-11-19-28)44-34(37-39-31-21-14-15-22-35(31)45-37)25-24-30-29(32(40)26-33(30)41)20-12-4-5-13-23-36(42)43/h4,6-12,14-19,21-22,24-25,29-30,32,34,40H,5,13,20,23,26H2,1-3H3,(H,42,43)/t29-,30-,32+,34?/m1/s1. The molecule has 6 nitrogen and oxygen atoms in total. The first-order valence-corrected chi connectivity index (χ1v) is 18.7. The van der Waals surface area contributed by atoms with Crippen molar-refractivity contribution in [2.24, 2.45) is 11.8 Å². The van der Waals surface area contributed by atoms with Gasteiger partial charge in [-0.05, 0) is 46.8 Å². The summed E-state index contributed by atoms with van der Waals surface area (Å²) in [4.78, 5) is 29.1. The van der Waals surface area contributed by atoms with Crippen LogP contribution in [0.5, 0.6) is 0 Å². The molecule has 0 radical (unpaired) electrons. The molecule has 1 fully saturated rings. The number of nitrogens with zero attached hydrogens (tertiary/aromatic N) is 1. The Bertz CT molecular complexity index is 1610. The Kier molecular flexibility index (Phi) is 10.8. The van der Waals surface area contributed by atoms with Crippen molar-refractivity contribution in [2.45, 2.75) is 70.1 Å².